The molecule has 0 aliphatic rings. The van der Waals surface area contributed by atoms with Crippen LogP contribution in [0, 0.1) is 0 Å². The van der Waals surface area contributed by atoms with E-state index in [2.05, 4.69) is 46.2 Å². The van der Waals surface area contributed by atoms with Crippen LogP contribution >= 0.6 is 0 Å². The molecule has 0 saturated carbocycles. The number of nitrogens with one attached hydrogen (secondary N) is 1. The van der Waals surface area contributed by atoms with E-state index in [0.29, 0.717) is 5.69 Å². The van der Waals surface area contributed by atoms with Crippen LogP contribution in [0.2, 0.25) is 0 Å². The van der Waals surface area contributed by atoms with Gasteiger partial charge in [-0.25, -0.2) is 0 Å². The van der Waals surface area contributed by atoms with Gasteiger partial charge in [0.1, 0.15) is 48.9 Å². The molecule has 0 aliphatic heterocycles. The van der Waals surface area contributed by atoms with Gasteiger partial charge < -0.3 is 37.2 Å². The van der Waals surface area contributed by atoms with Crippen molar-refractivity contribution in [1.29, 1.82) is 0 Å². The number of nitrogen functional groups attached to an aromatic ring is 2. The fourth-order valence-electron chi connectivity index (χ4n) is 6.71. The molecule has 0 fully saturated rings. The van der Waals surface area contributed by atoms with Gasteiger partial charge in [0, 0.05) is 129 Å². The molecule has 0 aliphatic carbocycles. The van der Waals surface area contributed by atoms with Crippen LogP contribution in [0.3, 0.4) is 0 Å². The monoisotopic (exact) mass is 1090 g/mol. The van der Waals surface area contributed by atoms with Crippen molar-refractivity contribution in [3.63, 3.8) is 0 Å². The number of nitrogens with zero attached hydrogens (tertiary/aromatic N) is 8. The SMILES string of the molecule is Nc1ccc(N=Nc2ccc3cc(S(=O)(=O)O)c(N=Nc4ccc(Nc5ccc(N=Nc6c(S(=O)(=O)O)cc7ccc(N=Nc8ccc(N)cc8O)cc7c6O)cc5S(=O)(=O)O)cc4)c(O)c3c2)c(O)c1.[Na].[Na].[Na]. The summed E-state index contributed by atoms with van der Waals surface area (Å²) in [5.74, 6) is -1.96. The van der Waals surface area contributed by atoms with Crippen LogP contribution in [-0.2, 0) is 30.4 Å². The smallest absolute Gasteiger partial charge is 0.296 e. The summed E-state index contributed by atoms with van der Waals surface area (Å²) >= 11 is 0. The molecule has 74 heavy (non-hydrogen) atoms. The number of phenols is 4. The van der Waals surface area contributed by atoms with Crippen LogP contribution in [0.5, 0.6) is 23.0 Å². The Morgan fingerprint density at radius 2 is 0.770 bits per heavy atom. The maximum Gasteiger partial charge on any atom is 0.296 e. The Bertz CT molecular complexity index is 3990. The summed E-state index contributed by atoms with van der Waals surface area (Å²) < 4.78 is 105. The summed E-state index contributed by atoms with van der Waals surface area (Å²) in [5, 5.41) is 77.5. The topological polar surface area (TPSA) is 407 Å². The Labute approximate surface area is 485 Å². The zero-order chi connectivity index (χ0) is 51.0. The molecule has 0 amide bonds. The predicted molar refractivity (Wildman–Crippen MR) is 276 cm³/mol. The first-order valence-electron chi connectivity index (χ1n) is 19.9. The zero-order valence-corrected chi connectivity index (χ0v) is 47.1. The van der Waals surface area contributed by atoms with Crippen LogP contribution in [0.1, 0.15) is 0 Å². The van der Waals surface area contributed by atoms with Gasteiger partial charge in [-0.05, 0) is 114 Å². The second-order valence-corrected chi connectivity index (χ2v) is 19.2. The molecule has 0 saturated heterocycles. The van der Waals surface area contributed by atoms with Gasteiger partial charge in [0.05, 0.1) is 28.4 Å². The Kier molecular flexibility index (Phi) is 18.9. The van der Waals surface area contributed by atoms with E-state index in [4.69, 9.17) is 11.5 Å². The summed E-state index contributed by atoms with van der Waals surface area (Å²) in [6.07, 6.45) is 0. The van der Waals surface area contributed by atoms with Crippen molar-refractivity contribution in [3.8, 4) is 23.0 Å². The predicted octanol–water partition coefficient (Wildman–Crippen LogP) is 9.98. The minimum atomic E-state index is -5.05. The molecule has 8 rings (SSSR count). The van der Waals surface area contributed by atoms with Crippen LogP contribution in [0.25, 0.3) is 21.5 Å². The van der Waals surface area contributed by atoms with Gasteiger partial charge in [0.25, 0.3) is 30.4 Å². The number of nitrogens with two attached hydrogens (primary N) is 2. The quantitative estimate of drug-likeness (QED) is 0.0222. The molecule has 363 valence electrons. The van der Waals surface area contributed by atoms with Gasteiger partial charge in [-0.1, -0.05) is 12.1 Å². The van der Waals surface area contributed by atoms with Gasteiger partial charge >= 0.3 is 0 Å². The number of anilines is 4. The largest absolute Gasteiger partial charge is 0.506 e. The van der Waals surface area contributed by atoms with E-state index in [9.17, 15) is 59.3 Å². The van der Waals surface area contributed by atoms with Gasteiger partial charge in [0.15, 0.2) is 11.5 Å². The number of aromatic hydroxyl groups is 4. The molecule has 0 aromatic heterocycles. The van der Waals surface area contributed by atoms with Crippen LogP contribution in [0.4, 0.5) is 68.2 Å². The van der Waals surface area contributed by atoms with E-state index in [1.807, 2.05) is 0 Å². The zero-order valence-electron chi connectivity index (χ0n) is 38.7. The molecule has 30 heteroatoms. The molecule has 8 aromatic rings. The first-order valence-corrected chi connectivity index (χ1v) is 24.2. The molecule has 24 nitrogen and oxygen atoms in total. The van der Waals surface area contributed by atoms with Crippen molar-refractivity contribution in [1.82, 2.24) is 0 Å². The Morgan fingerprint density at radius 3 is 1.19 bits per heavy atom. The average Bonchev–Trinajstić information content (AvgIpc) is 3.30. The van der Waals surface area contributed by atoms with Gasteiger partial charge in [-0.15, -0.1) is 20.5 Å². The van der Waals surface area contributed by atoms with Crippen molar-refractivity contribution in [3.05, 3.63) is 127 Å². The first-order chi connectivity index (χ1) is 33.5. The molecule has 0 spiro atoms. The number of hydrogen-bond acceptors (Lipinski definition) is 21. The number of hydrogen-bond donors (Lipinski definition) is 10. The van der Waals surface area contributed by atoms with Crippen LogP contribution < -0.4 is 16.8 Å². The molecule has 0 heterocycles. The van der Waals surface area contributed by atoms with E-state index in [-0.39, 0.29) is 173 Å². The Morgan fingerprint density at radius 1 is 0.392 bits per heavy atom. The normalized spacial score (nSPS) is 12.1. The van der Waals surface area contributed by atoms with Crippen molar-refractivity contribution in [2.75, 3.05) is 16.8 Å². The maximum absolute atomic E-state index is 12.6. The molecule has 3 radical (unpaired) electrons. The standard InChI is InChI=1S/C44H33N11O13S3.3Na/c45-24-3-12-33(36(56)17-24)52-49-28-5-1-22-15-39(70(63,64)65)41(43(58)31(22)19-28)54-48-27-9-7-26(8-10-27)47-35-14-11-30(21-38(35)69(60,61)62)51-55-42-40(71(66,67)68)16-23-2-6-29(20-32(23)44(42)59)50-53-34-13-4-25(46)18-37(34)57;;;/h1-21,47,56-59H,45-46H2,(H,60,61,62)(H,63,64,65)(H,66,67,68);;;. The van der Waals surface area contributed by atoms with Crippen molar-refractivity contribution in [2.45, 2.75) is 14.7 Å². The summed E-state index contributed by atoms with van der Waals surface area (Å²) in [6, 6.07) is 27.5. The molecular formula is C44H33N11Na3O13S3. The van der Waals surface area contributed by atoms with E-state index in [1.54, 1.807) is 0 Å². The summed E-state index contributed by atoms with van der Waals surface area (Å²) in [4.78, 5) is -2.36. The Hall–Kier alpha value is -5.99. The fourth-order valence-corrected chi connectivity index (χ4v) is 8.70. The Balaban J connectivity index is 0.00000338. The fraction of sp³-hybridized carbons (Fsp3) is 0. The van der Waals surface area contributed by atoms with Gasteiger partial charge in [0.2, 0.25) is 0 Å². The molecule has 12 N–H and O–H groups in total. The first kappa shape index (κ1) is 58.9. The molecule has 8 aromatic carbocycles. The summed E-state index contributed by atoms with van der Waals surface area (Å²) in [6.45, 7) is 0. The second-order valence-electron chi connectivity index (χ2n) is 15.0. The van der Waals surface area contributed by atoms with Crippen molar-refractivity contribution in [2.24, 2.45) is 40.9 Å². The molecular weight excluding hydrogens is 1060 g/mol. The molecule has 0 atom stereocenters. The number of azo groups is 4. The number of benzene rings is 8. The average molecular weight is 1090 g/mol. The molecule has 0 bridgehead atoms. The third-order valence-electron chi connectivity index (χ3n) is 10.1. The van der Waals surface area contributed by atoms with E-state index >= 15 is 0 Å². The van der Waals surface area contributed by atoms with Crippen LogP contribution in [-0.4, -0.2) is 148 Å². The van der Waals surface area contributed by atoms with E-state index < -0.39 is 67.9 Å². The third-order valence-corrected chi connectivity index (χ3v) is 12.7. The minimum Gasteiger partial charge on any atom is -0.506 e. The maximum atomic E-state index is 12.6. The van der Waals surface area contributed by atoms with Gasteiger partial charge in [-0.2, -0.15) is 45.7 Å². The molecule has 0 unspecified atom stereocenters. The van der Waals surface area contributed by atoms with E-state index in [1.165, 1.54) is 109 Å². The summed E-state index contributed by atoms with van der Waals surface area (Å²) in [7, 11) is -15.0. The van der Waals surface area contributed by atoms with Crippen LogP contribution in [0.15, 0.2) is 183 Å². The van der Waals surface area contributed by atoms with Crippen molar-refractivity contribution < 1.29 is 59.3 Å². The van der Waals surface area contributed by atoms with Gasteiger partial charge in [-0.3, -0.25) is 13.7 Å². The minimum absolute atomic E-state index is 0. The van der Waals surface area contributed by atoms with E-state index in [0.717, 1.165) is 18.2 Å². The third kappa shape index (κ3) is 13.6. The number of phenolic OH excluding ortho intramolecular Hbond substituents is 4. The summed E-state index contributed by atoms with van der Waals surface area (Å²) in [5.41, 5.74) is 10.8. The number of fused-ring (bicyclic) bond motifs is 2. The number of rotatable bonds is 13. The second kappa shape index (κ2) is 23.7. The van der Waals surface area contributed by atoms with Crippen molar-refractivity contribution >= 4 is 209 Å².